The number of nitrogens with zero attached hydrogens (tertiary/aromatic N) is 4. The second-order valence-electron chi connectivity index (χ2n) is 4.82. The molecular formula is C14H22N6O. The second kappa shape index (κ2) is 7.58. The minimum atomic E-state index is 0.221. The van der Waals surface area contributed by atoms with Gasteiger partial charge in [0.2, 0.25) is 0 Å². The summed E-state index contributed by atoms with van der Waals surface area (Å²) in [6, 6.07) is 2.13. The van der Waals surface area contributed by atoms with Crippen LogP contribution in [0.1, 0.15) is 19.7 Å². The lowest BCUT2D eigenvalue weighted by Gasteiger charge is -2.16. The topological polar surface area (TPSA) is 76.9 Å². The average Bonchev–Trinajstić information content (AvgIpc) is 2.91. The van der Waals surface area contributed by atoms with Gasteiger partial charge in [-0.15, -0.1) is 0 Å². The first-order valence-corrected chi connectivity index (χ1v) is 7.04. The van der Waals surface area contributed by atoms with Gasteiger partial charge in [-0.3, -0.25) is 0 Å². The number of aromatic nitrogens is 4. The van der Waals surface area contributed by atoms with E-state index in [0.717, 1.165) is 24.7 Å². The van der Waals surface area contributed by atoms with E-state index in [1.807, 2.05) is 23.8 Å². The number of nitrogens with one attached hydrogen (secondary N) is 2. The predicted octanol–water partition coefficient (Wildman–Crippen LogP) is 1.75. The van der Waals surface area contributed by atoms with Gasteiger partial charge in [-0.2, -0.15) is 0 Å². The summed E-state index contributed by atoms with van der Waals surface area (Å²) < 4.78 is 7.14. The number of hydrogen-bond donors (Lipinski definition) is 2. The maximum atomic E-state index is 5.11. The maximum Gasteiger partial charge on any atom is 0.158 e. The van der Waals surface area contributed by atoms with Gasteiger partial charge >= 0.3 is 0 Å². The Hall–Kier alpha value is -2.15. The Morgan fingerprint density at radius 1 is 1.33 bits per heavy atom. The number of rotatable bonds is 8. The fourth-order valence-corrected chi connectivity index (χ4v) is 2.05. The van der Waals surface area contributed by atoms with E-state index in [-0.39, 0.29) is 6.04 Å². The lowest BCUT2D eigenvalue weighted by molar-refractivity contribution is 0.178. The monoisotopic (exact) mass is 290 g/mol. The highest BCUT2D eigenvalue weighted by molar-refractivity contribution is 5.47. The van der Waals surface area contributed by atoms with Crippen LogP contribution in [0, 0.1) is 0 Å². The largest absolute Gasteiger partial charge is 0.377 e. The number of methoxy groups -OCH3 is 1. The zero-order chi connectivity index (χ0) is 15.1. The summed E-state index contributed by atoms with van der Waals surface area (Å²) >= 11 is 0. The molecule has 0 radical (unpaired) electrons. The lowest BCUT2D eigenvalue weighted by Crippen LogP contribution is -2.22. The third-order valence-corrected chi connectivity index (χ3v) is 2.84. The molecule has 0 aliphatic rings. The number of imidazole rings is 1. The summed E-state index contributed by atoms with van der Waals surface area (Å²) in [6.45, 7) is 6.16. The Balaban J connectivity index is 2.06. The highest BCUT2D eigenvalue weighted by atomic mass is 16.5. The molecule has 0 saturated heterocycles. The molecule has 2 aromatic rings. The van der Waals surface area contributed by atoms with E-state index in [2.05, 4.69) is 32.5 Å². The van der Waals surface area contributed by atoms with Crippen LogP contribution in [0.15, 0.2) is 24.8 Å². The molecule has 1 atom stereocenters. The molecule has 7 heteroatoms. The number of ether oxygens (including phenoxy) is 1. The van der Waals surface area contributed by atoms with Crippen LogP contribution in [0.5, 0.6) is 0 Å². The third-order valence-electron chi connectivity index (χ3n) is 2.84. The molecular weight excluding hydrogens is 268 g/mol. The molecule has 1 unspecified atom stereocenters. The van der Waals surface area contributed by atoms with Crippen molar-refractivity contribution in [2.24, 2.45) is 0 Å². The van der Waals surface area contributed by atoms with Gasteiger partial charge < -0.3 is 19.9 Å². The van der Waals surface area contributed by atoms with E-state index in [9.17, 15) is 0 Å². The third kappa shape index (κ3) is 4.71. The Kier molecular flexibility index (Phi) is 5.51. The van der Waals surface area contributed by atoms with Crippen LogP contribution in [-0.4, -0.2) is 39.2 Å². The standard InChI is InChI=1S/C14H22N6O/c1-4-16-12-7-13(19-14(18-12)9-21-3)17-11(2)8-20-6-5-15-10-20/h5-7,10-11H,4,8-9H2,1-3H3,(H2,16,17,18,19). The summed E-state index contributed by atoms with van der Waals surface area (Å²) in [4.78, 5) is 12.9. The van der Waals surface area contributed by atoms with Crippen molar-refractivity contribution in [3.8, 4) is 0 Å². The highest BCUT2D eigenvalue weighted by Gasteiger charge is 2.08. The molecule has 0 aromatic carbocycles. The van der Waals surface area contributed by atoms with E-state index in [1.54, 1.807) is 19.6 Å². The van der Waals surface area contributed by atoms with Crippen LogP contribution < -0.4 is 10.6 Å². The van der Waals surface area contributed by atoms with Gasteiger partial charge in [0.15, 0.2) is 5.82 Å². The Labute approximate surface area is 124 Å². The van der Waals surface area contributed by atoms with Crippen LogP contribution in [0.2, 0.25) is 0 Å². The SMILES string of the molecule is CCNc1cc(NC(C)Cn2ccnc2)nc(COC)n1. The first-order valence-electron chi connectivity index (χ1n) is 7.04. The van der Waals surface area contributed by atoms with Gasteiger partial charge in [-0.1, -0.05) is 0 Å². The fraction of sp³-hybridized carbons (Fsp3) is 0.500. The zero-order valence-electron chi connectivity index (χ0n) is 12.7. The second-order valence-corrected chi connectivity index (χ2v) is 4.82. The van der Waals surface area contributed by atoms with E-state index in [0.29, 0.717) is 12.4 Å². The molecule has 0 fully saturated rings. The van der Waals surface area contributed by atoms with Crippen LogP contribution in [0.3, 0.4) is 0 Å². The summed E-state index contributed by atoms with van der Waals surface area (Å²) in [5.41, 5.74) is 0. The van der Waals surface area contributed by atoms with Crippen molar-refractivity contribution in [1.29, 1.82) is 0 Å². The molecule has 0 aliphatic heterocycles. The van der Waals surface area contributed by atoms with Gasteiger partial charge in [0.05, 0.1) is 6.33 Å². The van der Waals surface area contributed by atoms with Crippen molar-refractivity contribution < 1.29 is 4.74 Å². The quantitative estimate of drug-likeness (QED) is 0.771. The van der Waals surface area contributed by atoms with Gasteiger partial charge in [0, 0.05) is 44.7 Å². The Morgan fingerprint density at radius 2 is 2.14 bits per heavy atom. The van der Waals surface area contributed by atoms with Crippen molar-refractivity contribution in [3.63, 3.8) is 0 Å². The molecule has 2 aromatic heterocycles. The summed E-state index contributed by atoms with van der Waals surface area (Å²) in [6.07, 6.45) is 5.52. The van der Waals surface area contributed by atoms with Gasteiger partial charge in [0.1, 0.15) is 18.2 Å². The Bertz CT molecular complexity index is 518. The van der Waals surface area contributed by atoms with Crippen LogP contribution >= 0.6 is 0 Å². The van der Waals surface area contributed by atoms with E-state index in [1.165, 1.54) is 0 Å². The molecule has 0 aliphatic carbocycles. The smallest absolute Gasteiger partial charge is 0.158 e. The van der Waals surface area contributed by atoms with Crippen molar-refractivity contribution >= 4 is 11.6 Å². The number of anilines is 2. The van der Waals surface area contributed by atoms with Crippen molar-refractivity contribution in [2.75, 3.05) is 24.3 Å². The molecule has 2 rings (SSSR count). The van der Waals surface area contributed by atoms with Gasteiger partial charge in [0.25, 0.3) is 0 Å². The molecule has 21 heavy (non-hydrogen) atoms. The summed E-state index contributed by atoms with van der Waals surface area (Å²) in [5, 5.41) is 6.59. The maximum absolute atomic E-state index is 5.11. The highest BCUT2D eigenvalue weighted by Crippen LogP contribution is 2.13. The average molecular weight is 290 g/mol. The van der Waals surface area contributed by atoms with Gasteiger partial charge in [-0.05, 0) is 13.8 Å². The molecule has 0 spiro atoms. The molecule has 0 bridgehead atoms. The van der Waals surface area contributed by atoms with Gasteiger partial charge in [-0.25, -0.2) is 15.0 Å². The minimum absolute atomic E-state index is 0.221. The van der Waals surface area contributed by atoms with Crippen LogP contribution in [0.25, 0.3) is 0 Å². The molecule has 0 amide bonds. The lowest BCUT2D eigenvalue weighted by atomic mass is 10.3. The first kappa shape index (κ1) is 15.2. The Morgan fingerprint density at radius 3 is 2.81 bits per heavy atom. The molecule has 114 valence electrons. The molecule has 2 heterocycles. The van der Waals surface area contributed by atoms with Crippen molar-refractivity contribution in [1.82, 2.24) is 19.5 Å². The fourth-order valence-electron chi connectivity index (χ4n) is 2.05. The predicted molar refractivity (Wildman–Crippen MR) is 82.2 cm³/mol. The molecule has 7 nitrogen and oxygen atoms in total. The van der Waals surface area contributed by atoms with Crippen molar-refractivity contribution in [2.45, 2.75) is 33.0 Å². The summed E-state index contributed by atoms with van der Waals surface area (Å²) in [5.74, 6) is 2.26. The minimum Gasteiger partial charge on any atom is -0.377 e. The summed E-state index contributed by atoms with van der Waals surface area (Å²) in [7, 11) is 1.64. The normalized spacial score (nSPS) is 12.1. The van der Waals surface area contributed by atoms with E-state index in [4.69, 9.17) is 4.74 Å². The van der Waals surface area contributed by atoms with E-state index < -0.39 is 0 Å². The van der Waals surface area contributed by atoms with Crippen LogP contribution in [-0.2, 0) is 17.9 Å². The van der Waals surface area contributed by atoms with Crippen molar-refractivity contribution in [3.05, 3.63) is 30.6 Å². The van der Waals surface area contributed by atoms with Crippen LogP contribution in [0.4, 0.5) is 11.6 Å². The first-order chi connectivity index (χ1) is 10.2. The molecule has 2 N–H and O–H groups in total. The van der Waals surface area contributed by atoms with E-state index >= 15 is 0 Å². The number of hydrogen-bond acceptors (Lipinski definition) is 6. The molecule has 0 saturated carbocycles. The zero-order valence-corrected chi connectivity index (χ0v) is 12.7.